The molecule has 100 valence electrons. The second-order valence-electron chi connectivity index (χ2n) is 3.83. The van der Waals surface area contributed by atoms with Crippen LogP contribution in [0.1, 0.15) is 12.5 Å². The fourth-order valence-corrected chi connectivity index (χ4v) is 1.32. The molecule has 0 fully saturated rings. The predicted octanol–water partition coefficient (Wildman–Crippen LogP) is 0.572. The van der Waals surface area contributed by atoms with Crippen molar-refractivity contribution in [1.82, 2.24) is 5.32 Å². The molecule has 0 aliphatic carbocycles. The Balaban J connectivity index is 0.00000289. The van der Waals surface area contributed by atoms with Crippen molar-refractivity contribution >= 4 is 24.3 Å². The molecule has 1 aromatic rings. The van der Waals surface area contributed by atoms with Gasteiger partial charge in [0, 0.05) is 0 Å². The molecule has 5 nitrogen and oxygen atoms in total. The van der Waals surface area contributed by atoms with Crippen LogP contribution in [0.25, 0.3) is 0 Å². The summed E-state index contributed by atoms with van der Waals surface area (Å²) in [5, 5.41) is 2.43. The van der Waals surface area contributed by atoms with Gasteiger partial charge in [0.1, 0.15) is 12.1 Å². The molecule has 0 radical (unpaired) electrons. The molecule has 0 aliphatic heterocycles. The number of hydrogen-bond acceptors (Lipinski definition) is 4. The third-order valence-corrected chi connectivity index (χ3v) is 2.47. The van der Waals surface area contributed by atoms with E-state index in [-0.39, 0.29) is 19.0 Å². The van der Waals surface area contributed by atoms with Gasteiger partial charge in [-0.15, -0.1) is 12.4 Å². The van der Waals surface area contributed by atoms with Crippen molar-refractivity contribution in [3.63, 3.8) is 0 Å². The maximum atomic E-state index is 11.8. The van der Waals surface area contributed by atoms with Crippen molar-refractivity contribution in [3.8, 4) is 0 Å². The van der Waals surface area contributed by atoms with Crippen LogP contribution >= 0.6 is 12.4 Å². The van der Waals surface area contributed by atoms with Gasteiger partial charge in [0.2, 0.25) is 5.91 Å². The Morgan fingerprint density at radius 1 is 1.33 bits per heavy atom. The number of carbonyl (C=O) groups is 2. The highest BCUT2D eigenvalue weighted by atomic mass is 35.5. The number of ether oxygens (including phenoxy) is 1. The Hall–Kier alpha value is -1.59. The van der Waals surface area contributed by atoms with E-state index in [2.05, 4.69) is 10.1 Å². The zero-order valence-electron chi connectivity index (χ0n) is 10.3. The van der Waals surface area contributed by atoms with E-state index in [0.717, 1.165) is 0 Å². The molecule has 0 bridgehead atoms. The van der Waals surface area contributed by atoms with Gasteiger partial charge in [-0.25, -0.2) is 0 Å². The number of methoxy groups -OCH3 is 1. The first kappa shape index (κ1) is 16.4. The normalized spacial score (nSPS) is 12.8. The van der Waals surface area contributed by atoms with Crippen molar-refractivity contribution in [2.24, 2.45) is 5.73 Å². The Kier molecular flexibility index (Phi) is 6.36. The Morgan fingerprint density at radius 2 is 1.89 bits per heavy atom. The van der Waals surface area contributed by atoms with E-state index >= 15 is 0 Å². The van der Waals surface area contributed by atoms with Crippen LogP contribution in [-0.2, 0) is 19.9 Å². The number of nitrogens with two attached hydrogens (primary N) is 1. The molecule has 0 aromatic heterocycles. The molecule has 0 saturated carbocycles. The largest absolute Gasteiger partial charge is 0.468 e. The van der Waals surface area contributed by atoms with Gasteiger partial charge in [-0.2, -0.15) is 0 Å². The third kappa shape index (κ3) is 4.01. The number of carbonyl (C=O) groups excluding carboxylic acids is 2. The summed E-state index contributed by atoms with van der Waals surface area (Å²) in [5.74, 6) is -0.934. The highest BCUT2D eigenvalue weighted by Gasteiger charge is 2.30. The number of amides is 1. The monoisotopic (exact) mass is 272 g/mol. The summed E-state index contributed by atoms with van der Waals surface area (Å²) >= 11 is 0. The smallest absolute Gasteiger partial charge is 0.325 e. The Morgan fingerprint density at radius 3 is 2.39 bits per heavy atom. The van der Waals surface area contributed by atoms with Crippen LogP contribution in [0.3, 0.4) is 0 Å². The van der Waals surface area contributed by atoms with Gasteiger partial charge in [-0.05, 0) is 12.5 Å². The van der Waals surface area contributed by atoms with Crippen LogP contribution in [0.2, 0.25) is 0 Å². The molecule has 18 heavy (non-hydrogen) atoms. The number of esters is 1. The molecule has 0 heterocycles. The minimum atomic E-state index is -1.17. The third-order valence-electron chi connectivity index (χ3n) is 2.47. The first-order valence-electron chi connectivity index (χ1n) is 5.18. The van der Waals surface area contributed by atoms with Gasteiger partial charge in [-0.3, -0.25) is 9.59 Å². The summed E-state index contributed by atoms with van der Waals surface area (Å²) in [7, 11) is 1.26. The highest BCUT2D eigenvalue weighted by molar-refractivity contribution is 5.89. The SMILES string of the molecule is COC(=O)CNC(=O)C(C)(N)c1ccccc1.Cl. The minimum absolute atomic E-state index is 0. The lowest BCUT2D eigenvalue weighted by atomic mass is 9.92. The van der Waals surface area contributed by atoms with E-state index in [1.807, 2.05) is 6.07 Å². The van der Waals surface area contributed by atoms with Crippen LogP contribution < -0.4 is 11.1 Å². The maximum absolute atomic E-state index is 11.8. The fourth-order valence-electron chi connectivity index (χ4n) is 1.32. The molecule has 0 aliphatic rings. The fraction of sp³-hybridized carbons (Fsp3) is 0.333. The average Bonchev–Trinajstić information content (AvgIpc) is 2.36. The molecule has 1 atom stereocenters. The van der Waals surface area contributed by atoms with Gasteiger partial charge < -0.3 is 15.8 Å². The lowest BCUT2D eigenvalue weighted by Crippen LogP contribution is -2.50. The maximum Gasteiger partial charge on any atom is 0.325 e. The van der Waals surface area contributed by atoms with E-state index in [0.29, 0.717) is 5.56 Å². The number of rotatable bonds is 4. The lowest BCUT2D eigenvalue weighted by molar-refractivity contribution is -0.141. The number of nitrogens with one attached hydrogen (secondary N) is 1. The second-order valence-corrected chi connectivity index (χ2v) is 3.83. The first-order chi connectivity index (χ1) is 7.98. The van der Waals surface area contributed by atoms with E-state index in [4.69, 9.17) is 5.73 Å². The van der Waals surface area contributed by atoms with Crippen LogP contribution in [0.4, 0.5) is 0 Å². The summed E-state index contributed by atoms with van der Waals surface area (Å²) in [4.78, 5) is 22.7. The van der Waals surface area contributed by atoms with Crippen molar-refractivity contribution in [1.29, 1.82) is 0 Å². The van der Waals surface area contributed by atoms with Gasteiger partial charge in [0.05, 0.1) is 7.11 Å². The Bertz CT molecular complexity index is 407. The Labute approximate surface area is 112 Å². The zero-order chi connectivity index (χ0) is 12.9. The standard InChI is InChI=1S/C12H16N2O3.ClH/c1-12(13,9-6-4-3-5-7-9)11(16)14-8-10(15)17-2;/h3-7H,8,13H2,1-2H3,(H,14,16);1H. The number of hydrogen-bond donors (Lipinski definition) is 2. The molecule has 0 saturated heterocycles. The van der Waals surface area contributed by atoms with Gasteiger partial charge >= 0.3 is 5.97 Å². The van der Waals surface area contributed by atoms with Crippen molar-refractivity contribution in [2.75, 3.05) is 13.7 Å². The zero-order valence-corrected chi connectivity index (χ0v) is 11.1. The molecule has 1 amide bonds. The molecule has 0 spiro atoms. The van der Waals surface area contributed by atoms with Gasteiger partial charge in [0.25, 0.3) is 0 Å². The topological polar surface area (TPSA) is 81.4 Å². The summed E-state index contributed by atoms with van der Waals surface area (Å²) in [5.41, 5.74) is 5.46. The molecule has 6 heteroatoms. The summed E-state index contributed by atoms with van der Waals surface area (Å²) in [6, 6.07) is 8.96. The van der Waals surface area contributed by atoms with Gasteiger partial charge in [0.15, 0.2) is 0 Å². The molecule has 1 aromatic carbocycles. The lowest BCUT2D eigenvalue weighted by Gasteiger charge is -2.23. The van der Waals surface area contributed by atoms with E-state index < -0.39 is 17.4 Å². The van der Waals surface area contributed by atoms with Crippen molar-refractivity contribution in [2.45, 2.75) is 12.5 Å². The molecular weight excluding hydrogens is 256 g/mol. The second kappa shape index (κ2) is 6.98. The van der Waals surface area contributed by atoms with Crippen LogP contribution in [-0.4, -0.2) is 25.5 Å². The summed E-state index contributed by atoms with van der Waals surface area (Å²) in [6.45, 7) is 1.41. The molecule has 3 N–H and O–H groups in total. The quantitative estimate of drug-likeness (QED) is 0.786. The summed E-state index contributed by atoms with van der Waals surface area (Å²) in [6.07, 6.45) is 0. The molecule has 1 unspecified atom stereocenters. The van der Waals surface area contributed by atoms with Crippen LogP contribution in [0.15, 0.2) is 30.3 Å². The number of benzene rings is 1. The van der Waals surface area contributed by atoms with E-state index in [9.17, 15) is 9.59 Å². The average molecular weight is 273 g/mol. The molecule has 1 rings (SSSR count). The van der Waals surface area contributed by atoms with Gasteiger partial charge in [-0.1, -0.05) is 30.3 Å². The molecular formula is C12H17ClN2O3. The van der Waals surface area contributed by atoms with Crippen molar-refractivity contribution in [3.05, 3.63) is 35.9 Å². The number of halogens is 1. The first-order valence-corrected chi connectivity index (χ1v) is 5.18. The highest BCUT2D eigenvalue weighted by Crippen LogP contribution is 2.16. The minimum Gasteiger partial charge on any atom is -0.468 e. The van der Waals surface area contributed by atoms with Crippen molar-refractivity contribution < 1.29 is 14.3 Å². The summed E-state index contributed by atoms with van der Waals surface area (Å²) < 4.78 is 4.42. The van der Waals surface area contributed by atoms with E-state index in [1.165, 1.54) is 7.11 Å². The van der Waals surface area contributed by atoms with E-state index in [1.54, 1.807) is 31.2 Å². The van der Waals surface area contributed by atoms with Crippen LogP contribution in [0, 0.1) is 0 Å². The predicted molar refractivity (Wildman–Crippen MR) is 70.3 cm³/mol. The van der Waals surface area contributed by atoms with Crippen LogP contribution in [0.5, 0.6) is 0 Å².